The SMILES string of the molecule is Cc1ccc(Nc2nc(N3CCCCC3)nc(N3CCCCC3)n2)cc1.Cl. The lowest BCUT2D eigenvalue weighted by Gasteiger charge is -2.30. The highest BCUT2D eigenvalue weighted by molar-refractivity contribution is 5.85. The highest BCUT2D eigenvalue weighted by atomic mass is 35.5. The van der Waals surface area contributed by atoms with E-state index in [9.17, 15) is 0 Å². The van der Waals surface area contributed by atoms with Crippen LogP contribution in [0, 0.1) is 6.92 Å². The van der Waals surface area contributed by atoms with Crippen LogP contribution in [0.2, 0.25) is 0 Å². The van der Waals surface area contributed by atoms with Crippen molar-refractivity contribution in [3.63, 3.8) is 0 Å². The summed E-state index contributed by atoms with van der Waals surface area (Å²) in [6.45, 7) is 6.23. The van der Waals surface area contributed by atoms with Gasteiger partial charge in [0.1, 0.15) is 0 Å². The minimum absolute atomic E-state index is 0. The molecule has 0 saturated carbocycles. The summed E-state index contributed by atoms with van der Waals surface area (Å²) in [5, 5.41) is 3.37. The van der Waals surface area contributed by atoms with E-state index in [0.717, 1.165) is 43.8 Å². The smallest absolute Gasteiger partial charge is 0.233 e. The first-order valence-electron chi connectivity index (χ1n) is 9.88. The molecule has 0 aliphatic carbocycles. The fraction of sp³-hybridized carbons (Fsp3) is 0.550. The molecule has 4 rings (SSSR count). The van der Waals surface area contributed by atoms with Gasteiger partial charge in [0.2, 0.25) is 17.8 Å². The molecule has 0 bridgehead atoms. The quantitative estimate of drug-likeness (QED) is 0.841. The van der Waals surface area contributed by atoms with Gasteiger partial charge in [-0.1, -0.05) is 17.7 Å². The number of hydrogen-bond acceptors (Lipinski definition) is 6. The van der Waals surface area contributed by atoms with Crippen molar-refractivity contribution >= 4 is 35.9 Å². The summed E-state index contributed by atoms with van der Waals surface area (Å²) in [7, 11) is 0. The van der Waals surface area contributed by atoms with Crippen LogP contribution in [-0.2, 0) is 0 Å². The van der Waals surface area contributed by atoms with Gasteiger partial charge in [0.15, 0.2) is 0 Å². The topological polar surface area (TPSA) is 57.2 Å². The van der Waals surface area contributed by atoms with Crippen molar-refractivity contribution in [2.24, 2.45) is 0 Å². The normalized spacial score (nSPS) is 17.4. The molecule has 2 aliphatic heterocycles. The Balaban J connectivity index is 0.00000210. The first-order chi connectivity index (χ1) is 12.8. The number of benzene rings is 1. The highest BCUT2D eigenvalue weighted by Crippen LogP contribution is 2.24. The van der Waals surface area contributed by atoms with Crippen LogP contribution >= 0.6 is 12.4 Å². The predicted octanol–water partition coefficient (Wildman–Crippen LogP) is 4.33. The van der Waals surface area contributed by atoms with E-state index in [1.54, 1.807) is 0 Å². The summed E-state index contributed by atoms with van der Waals surface area (Å²) >= 11 is 0. The largest absolute Gasteiger partial charge is 0.341 e. The highest BCUT2D eigenvalue weighted by Gasteiger charge is 2.20. The van der Waals surface area contributed by atoms with Gasteiger partial charge >= 0.3 is 0 Å². The second-order valence-corrected chi connectivity index (χ2v) is 7.35. The number of nitrogens with one attached hydrogen (secondary N) is 1. The van der Waals surface area contributed by atoms with E-state index in [4.69, 9.17) is 15.0 Å². The fourth-order valence-corrected chi connectivity index (χ4v) is 3.65. The van der Waals surface area contributed by atoms with Gasteiger partial charge in [-0.2, -0.15) is 15.0 Å². The summed E-state index contributed by atoms with van der Waals surface area (Å²) in [5.41, 5.74) is 2.25. The van der Waals surface area contributed by atoms with E-state index >= 15 is 0 Å². The Morgan fingerprint density at radius 3 is 1.67 bits per heavy atom. The number of halogens is 1. The Morgan fingerprint density at radius 2 is 1.19 bits per heavy atom. The van der Waals surface area contributed by atoms with Crippen molar-refractivity contribution in [3.8, 4) is 0 Å². The molecule has 2 saturated heterocycles. The number of hydrogen-bond donors (Lipinski definition) is 1. The van der Waals surface area contributed by atoms with Gasteiger partial charge in [-0.05, 0) is 57.6 Å². The minimum Gasteiger partial charge on any atom is -0.341 e. The summed E-state index contributed by atoms with van der Waals surface area (Å²) in [4.78, 5) is 18.9. The summed E-state index contributed by atoms with van der Waals surface area (Å²) < 4.78 is 0. The maximum atomic E-state index is 4.83. The molecule has 7 heteroatoms. The molecule has 2 fully saturated rings. The van der Waals surface area contributed by atoms with Crippen molar-refractivity contribution in [2.45, 2.75) is 45.4 Å². The van der Waals surface area contributed by atoms with Gasteiger partial charge in [-0.25, -0.2) is 0 Å². The lowest BCUT2D eigenvalue weighted by atomic mass is 10.1. The number of anilines is 4. The standard InChI is InChI=1S/C20H28N6.ClH/c1-16-8-10-17(11-9-16)21-18-22-19(25-12-4-2-5-13-25)24-20(23-18)26-14-6-3-7-15-26;/h8-11H,2-7,12-15H2,1H3,(H,21,22,23,24);1H. The number of piperidine rings is 2. The van der Waals surface area contributed by atoms with E-state index in [-0.39, 0.29) is 12.4 Å². The van der Waals surface area contributed by atoms with Gasteiger partial charge in [-0.3, -0.25) is 0 Å². The number of rotatable bonds is 4. The Labute approximate surface area is 167 Å². The summed E-state index contributed by atoms with van der Waals surface area (Å²) in [6, 6.07) is 8.34. The first-order valence-corrected chi connectivity index (χ1v) is 9.88. The van der Waals surface area contributed by atoms with E-state index < -0.39 is 0 Å². The van der Waals surface area contributed by atoms with Gasteiger partial charge < -0.3 is 15.1 Å². The zero-order valence-corrected chi connectivity index (χ0v) is 16.8. The van der Waals surface area contributed by atoms with Crippen LogP contribution in [0.1, 0.15) is 44.1 Å². The average Bonchev–Trinajstić information content (AvgIpc) is 2.71. The van der Waals surface area contributed by atoms with Gasteiger partial charge in [0.05, 0.1) is 0 Å². The lowest BCUT2D eigenvalue weighted by Crippen LogP contribution is -2.34. The summed E-state index contributed by atoms with van der Waals surface area (Å²) in [5.74, 6) is 2.27. The molecule has 1 aromatic carbocycles. The van der Waals surface area contributed by atoms with Crippen molar-refractivity contribution in [1.29, 1.82) is 0 Å². The van der Waals surface area contributed by atoms with Crippen LogP contribution in [0.3, 0.4) is 0 Å². The maximum Gasteiger partial charge on any atom is 0.233 e. The van der Waals surface area contributed by atoms with Crippen LogP contribution in [0.5, 0.6) is 0 Å². The second kappa shape index (κ2) is 9.22. The number of aryl methyl sites for hydroxylation is 1. The van der Waals surface area contributed by atoms with E-state index in [1.807, 2.05) is 0 Å². The molecule has 3 heterocycles. The summed E-state index contributed by atoms with van der Waals surface area (Å²) in [6.07, 6.45) is 7.46. The molecule has 0 atom stereocenters. The molecule has 0 spiro atoms. The molecule has 1 aromatic heterocycles. The van der Waals surface area contributed by atoms with E-state index in [1.165, 1.54) is 44.1 Å². The Kier molecular flexibility index (Phi) is 6.72. The molecule has 27 heavy (non-hydrogen) atoms. The van der Waals surface area contributed by atoms with Crippen molar-refractivity contribution in [1.82, 2.24) is 15.0 Å². The van der Waals surface area contributed by atoms with E-state index in [0.29, 0.717) is 5.95 Å². The molecule has 6 nitrogen and oxygen atoms in total. The van der Waals surface area contributed by atoms with Gasteiger partial charge in [0.25, 0.3) is 0 Å². The van der Waals surface area contributed by atoms with Crippen LogP contribution in [0.25, 0.3) is 0 Å². The third-order valence-electron chi connectivity index (χ3n) is 5.20. The molecule has 146 valence electrons. The van der Waals surface area contributed by atoms with Crippen LogP contribution in [0.4, 0.5) is 23.5 Å². The first kappa shape index (κ1) is 19.7. The molecular formula is C20H29ClN6. The van der Waals surface area contributed by atoms with Crippen LogP contribution in [-0.4, -0.2) is 41.1 Å². The van der Waals surface area contributed by atoms with E-state index in [2.05, 4.69) is 46.3 Å². The van der Waals surface area contributed by atoms with Gasteiger partial charge in [-0.15, -0.1) is 12.4 Å². The maximum absolute atomic E-state index is 4.83. The zero-order chi connectivity index (χ0) is 17.8. The Morgan fingerprint density at radius 1 is 0.704 bits per heavy atom. The lowest BCUT2D eigenvalue weighted by molar-refractivity contribution is 0.556. The van der Waals surface area contributed by atoms with Gasteiger partial charge in [0, 0.05) is 31.9 Å². The van der Waals surface area contributed by atoms with Crippen molar-refractivity contribution in [3.05, 3.63) is 29.8 Å². The second-order valence-electron chi connectivity index (χ2n) is 7.35. The third-order valence-corrected chi connectivity index (χ3v) is 5.20. The monoisotopic (exact) mass is 388 g/mol. The average molecular weight is 389 g/mol. The predicted molar refractivity (Wildman–Crippen MR) is 114 cm³/mol. The molecule has 2 aromatic rings. The Hall–Kier alpha value is -2.08. The minimum atomic E-state index is 0. The zero-order valence-electron chi connectivity index (χ0n) is 16.0. The molecule has 0 unspecified atom stereocenters. The number of nitrogens with zero attached hydrogens (tertiary/aromatic N) is 5. The third kappa shape index (κ3) is 5.01. The molecular weight excluding hydrogens is 360 g/mol. The molecule has 0 radical (unpaired) electrons. The fourth-order valence-electron chi connectivity index (χ4n) is 3.65. The van der Waals surface area contributed by atoms with Crippen molar-refractivity contribution < 1.29 is 0 Å². The Bertz CT molecular complexity index is 688. The number of aromatic nitrogens is 3. The molecule has 1 N–H and O–H groups in total. The van der Waals surface area contributed by atoms with Crippen LogP contribution < -0.4 is 15.1 Å². The van der Waals surface area contributed by atoms with Crippen molar-refractivity contribution in [2.75, 3.05) is 41.3 Å². The molecule has 0 amide bonds. The van der Waals surface area contributed by atoms with Crippen LogP contribution in [0.15, 0.2) is 24.3 Å². The molecule has 2 aliphatic rings.